The van der Waals surface area contributed by atoms with Gasteiger partial charge < -0.3 is 20.3 Å². The van der Waals surface area contributed by atoms with Crippen molar-refractivity contribution in [2.45, 2.75) is 64.7 Å². The number of fused-ring (bicyclic) bond motifs is 3. The number of carbonyl (C=O) groups excluding carboxylic acids is 3. The summed E-state index contributed by atoms with van der Waals surface area (Å²) in [7, 11) is 1.62. The van der Waals surface area contributed by atoms with Crippen LogP contribution in [0.4, 0.5) is 4.39 Å². The summed E-state index contributed by atoms with van der Waals surface area (Å²) in [5.74, 6) is -0.678. The first-order valence-electron chi connectivity index (χ1n) is 15.6. The van der Waals surface area contributed by atoms with Gasteiger partial charge in [0.2, 0.25) is 11.8 Å². The molecule has 1 saturated heterocycles. The molecule has 3 amide bonds. The first-order valence-corrected chi connectivity index (χ1v) is 15.6. The fourth-order valence-corrected chi connectivity index (χ4v) is 6.07. The van der Waals surface area contributed by atoms with Crippen molar-refractivity contribution in [3.63, 3.8) is 0 Å². The Kier molecular flexibility index (Phi) is 10.4. The van der Waals surface area contributed by atoms with Gasteiger partial charge in [-0.2, -0.15) is 5.10 Å². The molecule has 2 atom stereocenters. The van der Waals surface area contributed by atoms with Crippen LogP contribution in [-0.4, -0.2) is 87.7 Å². The molecule has 0 unspecified atom stereocenters. The second-order valence-corrected chi connectivity index (χ2v) is 12.2. The van der Waals surface area contributed by atoms with Gasteiger partial charge in [0.25, 0.3) is 5.91 Å². The molecule has 3 aromatic rings. The average molecular weight is 620 g/mol. The van der Waals surface area contributed by atoms with Crippen molar-refractivity contribution < 1.29 is 23.5 Å². The van der Waals surface area contributed by atoms with E-state index in [1.54, 1.807) is 30.3 Å². The fourth-order valence-electron chi connectivity index (χ4n) is 6.07. The number of nitrogens with zero attached hydrogens (tertiary/aromatic N) is 5. The average Bonchev–Trinajstić information content (AvgIpc) is 3.72. The number of methoxy groups -OCH3 is 1. The summed E-state index contributed by atoms with van der Waals surface area (Å²) in [6, 6.07) is 9.49. The molecule has 2 aromatic carbocycles. The lowest BCUT2D eigenvalue weighted by Crippen LogP contribution is -2.53. The van der Waals surface area contributed by atoms with Gasteiger partial charge >= 0.3 is 0 Å². The van der Waals surface area contributed by atoms with Crippen molar-refractivity contribution in [3.8, 4) is 5.75 Å². The molecule has 0 aliphatic carbocycles. The van der Waals surface area contributed by atoms with Gasteiger partial charge in [0.05, 0.1) is 25.8 Å². The Bertz CT molecular complexity index is 1500. The van der Waals surface area contributed by atoms with Gasteiger partial charge in [-0.05, 0) is 67.0 Å². The van der Waals surface area contributed by atoms with Crippen LogP contribution in [0.5, 0.6) is 5.75 Å². The van der Waals surface area contributed by atoms with Gasteiger partial charge in [0.1, 0.15) is 30.3 Å². The molecule has 2 bridgehead atoms. The molecule has 1 aromatic heterocycles. The highest BCUT2D eigenvalue weighted by Crippen LogP contribution is 2.25. The standard InChI is InChI=1S/C33H42FN7O4/c1-22(2)28-18-39(16-24-9-11-30(45-3)25(14-24)17-40-21-35-20-37-40)19-31(42)36-12-4-6-23-8-10-27(34)26(15-23)33(44)41-13-5-7-29(41)32(43)38-28/h8-11,14-15,20-22,28-29H,4-7,12-13,16-19H2,1-3H3,(H,36,42)(H,38,43)/t28-,29-/m0/s1. The Morgan fingerprint density at radius 2 is 1.93 bits per heavy atom. The van der Waals surface area contributed by atoms with Crippen LogP contribution in [-0.2, 0) is 29.1 Å². The van der Waals surface area contributed by atoms with Gasteiger partial charge in [-0.3, -0.25) is 19.3 Å². The van der Waals surface area contributed by atoms with E-state index in [0.717, 1.165) is 22.4 Å². The molecule has 45 heavy (non-hydrogen) atoms. The number of hydrogen-bond acceptors (Lipinski definition) is 7. The molecular weight excluding hydrogens is 577 g/mol. The van der Waals surface area contributed by atoms with E-state index in [-0.39, 0.29) is 35.9 Å². The lowest BCUT2D eigenvalue weighted by Gasteiger charge is -2.32. The highest BCUT2D eigenvalue weighted by molar-refractivity contribution is 5.98. The third-order valence-electron chi connectivity index (χ3n) is 8.55. The number of aromatic nitrogens is 3. The van der Waals surface area contributed by atoms with Gasteiger partial charge in [-0.25, -0.2) is 14.1 Å². The summed E-state index contributed by atoms with van der Waals surface area (Å²) in [5, 5.41) is 10.4. The zero-order chi connectivity index (χ0) is 31.9. The third kappa shape index (κ3) is 8.05. The van der Waals surface area contributed by atoms with E-state index in [0.29, 0.717) is 58.4 Å². The smallest absolute Gasteiger partial charge is 0.257 e. The molecular formula is C33H42FN7O4. The van der Waals surface area contributed by atoms with Crippen LogP contribution in [0, 0.1) is 11.7 Å². The summed E-state index contributed by atoms with van der Waals surface area (Å²) in [6.07, 6.45) is 5.51. The lowest BCUT2D eigenvalue weighted by molar-refractivity contribution is -0.126. The Balaban J connectivity index is 1.41. The minimum Gasteiger partial charge on any atom is -0.496 e. The Labute approximate surface area is 263 Å². The first kappa shape index (κ1) is 32.1. The van der Waals surface area contributed by atoms with E-state index in [1.165, 1.54) is 17.3 Å². The maximum absolute atomic E-state index is 14.8. The molecule has 0 spiro atoms. The van der Waals surface area contributed by atoms with Crippen molar-refractivity contribution in [3.05, 3.63) is 77.1 Å². The van der Waals surface area contributed by atoms with Crippen molar-refractivity contribution in [1.29, 1.82) is 0 Å². The molecule has 5 rings (SSSR count). The van der Waals surface area contributed by atoms with Crippen LogP contribution in [0.15, 0.2) is 49.1 Å². The SMILES string of the molecule is COc1ccc(CN2CC(=O)NCCCc3ccc(F)c(c3)C(=O)N3CCC[C@H]3C(=O)N[C@H](C(C)C)C2)cc1Cn1cncn1. The molecule has 1 fully saturated rings. The summed E-state index contributed by atoms with van der Waals surface area (Å²) >= 11 is 0. The van der Waals surface area contributed by atoms with Crippen LogP contribution in [0.2, 0.25) is 0 Å². The molecule has 2 N–H and O–H groups in total. The number of hydrogen-bond donors (Lipinski definition) is 2. The van der Waals surface area contributed by atoms with E-state index >= 15 is 0 Å². The third-order valence-corrected chi connectivity index (χ3v) is 8.55. The quantitative estimate of drug-likeness (QED) is 0.435. The highest BCUT2D eigenvalue weighted by Gasteiger charge is 2.37. The van der Waals surface area contributed by atoms with Crippen LogP contribution >= 0.6 is 0 Å². The van der Waals surface area contributed by atoms with Crippen molar-refractivity contribution in [1.82, 2.24) is 35.2 Å². The molecule has 3 heterocycles. The summed E-state index contributed by atoms with van der Waals surface area (Å²) in [5.41, 5.74) is 2.69. The van der Waals surface area contributed by atoms with E-state index in [9.17, 15) is 18.8 Å². The predicted octanol–water partition coefficient (Wildman–Crippen LogP) is 2.78. The van der Waals surface area contributed by atoms with E-state index < -0.39 is 17.8 Å². The van der Waals surface area contributed by atoms with E-state index in [2.05, 4.69) is 20.7 Å². The number of rotatable bonds is 6. The second-order valence-electron chi connectivity index (χ2n) is 12.2. The number of ether oxygens (including phenoxy) is 1. The first-order chi connectivity index (χ1) is 21.7. The zero-order valence-corrected chi connectivity index (χ0v) is 26.2. The minimum atomic E-state index is -0.685. The number of aryl methyl sites for hydroxylation is 1. The minimum absolute atomic E-state index is 0.0187. The largest absolute Gasteiger partial charge is 0.496 e. The topological polar surface area (TPSA) is 122 Å². The van der Waals surface area contributed by atoms with Crippen molar-refractivity contribution in [2.24, 2.45) is 5.92 Å². The predicted molar refractivity (Wildman–Crippen MR) is 166 cm³/mol. The summed E-state index contributed by atoms with van der Waals surface area (Å²) in [6.45, 7) is 6.37. The van der Waals surface area contributed by atoms with Crippen molar-refractivity contribution in [2.75, 3.05) is 33.3 Å². The van der Waals surface area contributed by atoms with Crippen LogP contribution < -0.4 is 15.4 Å². The van der Waals surface area contributed by atoms with Crippen molar-refractivity contribution >= 4 is 17.7 Å². The number of carbonyl (C=O) groups is 3. The molecule has 240 valence electrons. The number of benzene rings is 2. The normalized spacial score (nSPS) is 20.5. The summed E-state index contributed by atoms with van der Waals surface area (Å²) < 4.78 is 22.1. The molecule has 11 nitrogen and oxygen atoms in total. The Morgan fingerprint density at radius 1 is 1.09 bits per heavy atom. The Hall–Kier alpha value is -4.32. The van der Waals surface area contributed by atoms with Gasteiger partial charge in [0, 0.05) is 37.8 Å². The zero-order valence-electron chi connectivity index (χ0n) is 26.2. The lowest BCUT2D eigenvalue weighted by atomic mass is 10.0. The molecule has 2 aliphatic rings. The van der Waals surface area contributed by atoms with Crippen LogP contribution in [0.25, 0.3) is 0 Å². The van der Waals surface area contributed by atoms with Gasteiger partial charge in [-0.15, -0.1) is 0 Å². The van der Waals surface area contributed by atoms with E-state index in [1.807, 2.05) is 36.9 Å². The maximum atomic E-state index is 14.8. The molecule has 12 heteroatoms. The second kappa shape index (κ2) is 14.6. The van der Waals surface area contributed by atoms with Crippen LogP contribution in [0.1, 0.15) is 60.2 Å². The number of nitrogens with one attached hydrogen (secondary N) is 2. The highest BCUT2D eigenvalue weighted by atomic mass is 19.1. The number of amides is 3. The van der Waals surface area contributed by atoms with E-state index in [4.69, 9.17) is 4.74 Å². The molecule has 0 saturated carbocycles. The van der Waals surface area contributed by atoms with Gasteiger partial charge in [0.15, 0.2) is 0 Å². The van der Waals surface area contributed by atoms with Gasteiger partial charge in [-0.1, -0.05) is 26.0 Å². The fraction of sp³-hybridized carbons (Fsp3) is 0.485. The Morgan fingerprint density at radius 3 is 2.69 bits per heavy atom. The molecule has 0 radical (unpaired) electrons. The number of halogens is 1. The maximum Gasteiger partial charge on any atom is 0.257 e. The van der Waals surface area contributed by atoms with Crippen LogP contribution in [0.3, 0.4) is 0 Å². The molecule has 2 aliphatic heterocycles. The summed E-state index contributed by atoms with van der Waals surface area (Å²) in [4.78, 5) is 48.0. The monoisotopic (exact) mass is 619 g/mol.